The summed E-state index contributed by atoms with van der Waals surface area (Å²) < 4.78 is 13.9. The Morgan fingerprint density at radius 1 is 0.933 bits per heavy atom. The van der Waals surface area contributed by atoms with Gasteiger partial charge >= 0.3 is 0 Å². The molecule has 0 radical (unpaired) electrons. The highest BCUT2D eigenvalue weighted by Gasteiger charge is 2.00. The summed E-state index contributed by atoms with van der Waals surface area (Å²) in [4.78, 5) is 2.25. The first-order valence-corrected chi connectivity index (χ1v) is 6.33. The molecular formula is C12H8FIS. The minimum Gasteiger partial charge on any atom is -0.207 e. The van der Waals surface area contributed by atoms with Crippen molar-refractivity contribution in [2.75, 3.05) is 0 Å². The van der Waals surface area contributed by atoms with E-state index in [0.29, 0.717) is 0 Å². The Labute approximate surface area is 106 Å². The second kappa shape index (κ2) is 4.99. The fourth-order valence-electron chi connectivity index (χ4n) is 1.16. The number of hydrogen-bond donors (Lipinski definition) is 0. The van der Waals surface area contributed by atoms with E-state index >= 15 is 0 Å². The van der Waals surface area contributed by atoms with Crippen LogP contribution in [0.4, 0.5) is 4.39 Å². The van der Waals surface area contributed by atoms with E-state index in [9.17, 15) is 4.39 Å². The zero-order valence-corrected chi connectivity index (χ0v) is 10.8. The molecule has 0 heterocycles. The summed E-state index contributed by atoms with van der Waals surface area (Å²) in [6.07, 6.45) is 0. The van der Waals surface area contributed by atoms with Crippen LogP contribution in [-0.4, -0.2) is 0 Å². The van der Waals surface area contributed by atoms with Gasteiger partial charge in [0.1, 0.15) is 5.82 Å². The summed E-state index contributed by atoms with van der Waals surface area (Å²) in [5.41, 5.74) is 0. The first kappa shape index (κ1) is 11.0. The summed E-state index contributed by atoms with van der Waals surface area (Å²) in [5, 5.41) is 0. The van der Waals surface area contributed by atoms with Gasteiger partial charge in [0, 0.05) is 13.4 Å². The van der Waals surface area contributed by atoms with E-state index in [0.717, 1.165) is 4.90 Å². The molecule has 0 nitrogen and oxygen atoms in total. The van der Waals surface area contributed by atoms with E-state index in [-0.39, 0.29) is 5.82 Å². The van der Waals surface area contributed by atoms with E-state index in [1.165, 1.54) is 20.6 Å². The standard InChI is InChI=1S/C12H8FIS/c13-9-5-7-10(8-6-9)15-12-4-2-1-3-11(12)14/h1-8H. The second-order valence-corrected chi connectivity index (χ2v) is 5.26. The molecule has 76 valence electrons. The van der Waals surface area contributed by atoms with Gasteiger partial charge in [0.15, 0.2) is 0 Å². The summed E-state index contributed by atoms with van der Waals surface area (Å²) in [7, 11) is 0. The topological polar surface area (TPSA) is 0 Å². The van der Waals surface area contributed by atoms with Gasteiger partial charge in [-0.1, -0.05) is 23.9 Å². The lowest BCUT2D eigenvalue weighted by molar-refractivity contribution is 0.626. The third kappa shape index (κ3) is 2.95. The van der Waals surface area contributed by atoms with Crippen LogP contribution in [0.15, 0.2) is 58.3 Å². The molecule has 2 aromatic carbocycles. The zero-order chi connectivity index (χ0) is 10.7. The molecule has 0 aliphatic rings. The number of hydrogen-bond acceptors (Lipinski definition) is 1. The summed E-state index contributed by atoms with van der Waals surface area (Å²) in [6.45, 7) is 0. The largest absolute Gasteiger partial charge is 0.207 e. The van der Waals surface area contributed by atoms with Crippen LogP contribution in [0.2, 0.25) is 0 Å². The second-order valence-electron chi connectivity index (χ2n) is 2.99. The Bertz CT molecular complexity index is 453. The normalized spacial score (nSPS) is 10.3. The minimum atomic E-state index is -0.192. The Morgan fingerprint density at radius 3 is 2.27 bits per heavy atom. The van der Waals surface area contributed by atoms with Crippen LogP contribution in [0.1, 0.15) is 0 Å². The van der Waals surface area contributed by atoms with Crippen molar-refractivity contribution in [1.29, 1.82) is 0 Å². The smallest absolute Gasteiger partial charge is 0.123 e. The first-order valence-electron chi connectivity index (χ1n) is 4.43. The molecule has 0 N–H and O–H groups in total. The molecule has 0 aromatic heterocycles. The predicted molar refractivity (Wildman–Crippen MR) is 69.7 cm³/mol. The monoisotopic (exact) mass is 330 g/mol. The van der Waals surface area contributed by atoms with E-state index in [1.807, 2.05) is 12.1 Å². The summed E-state index contributed by atoms with van der Waals surface area (Å²) in [6, 6.07) is 14.7. The van der Waals surface area contributed by atoms with Crippen LogP contribution in [0, 0.1) is 9.39 Å². The Kier molecular flexibility index (Phi) is 3.64. The van der Waals surface area contributed by atoms with Gasteiger partial charge in [-0.15, -0.1) is 0 Å². The minimum absolute atomic E-state index is 0.192. The van der Waals surface area contributed by atoms with Crippen LogP contribution in [0.25, 0.3) is 0 Å². The fourth-order valence-corrected chi connectivity index (χ4v) is 2.71. The molecule has 0 saturated heterocycles. The van der Waals surface area contributed by atoms with Gasteiger partial charge in [0.2, 0.25) is 0 Å². The molecule has 0 atom stereocenters. The lowest BCUT2D eigenvalue weighted by atomic mass is 10.3. The maximum absolute atomic E-state index is 12.7. The first-order chi connectivity index (χ1) is 7.25. The molecule has 2 aromatic rings. The molecule has 0 saturated carbocycles. The fraction of sp³-hybridized carbons (Fsp3) is 0. The van der Waals surface area contributed by atoms with Crippen molar-refractivity contribution in [2.24, 2.45) is 0 Å². The van der Waals surface area contributed by atoms with Crippen molar-refractivity contribution in [2.45, 2.75) is 9.79 Å². The predicted octanol–water partition coefficient (Wildman–Crippen LogP) is 4.58. The molecule has 15 heavy (non-hydrogen) atoms. The van der Waals surface area contributed by atoms with Crippen LogP contribution in [0.3, 0.4) is 0 Å². The highest BCUT2D eigenvalue weighted by Crippen LogP contribution is 2.30. The summed E-state index contributed by atoms with van der Waals surface area (Å²) >= 11 is 3.95. The Hall–Kier alpha value is -0.550. The lowest BCUT2D eigenvalue weighted by Gasteiger charge is -2.03. The third-order valence-corrected chi connectivity index (χ3v) is 4.27. The van der Waals surface area contributed by atoms with Gasteiger partial charge in [0.25, 0.3) is 0 Å². The Morgan fingerprint density at radius 2 is 1.60 bits per heavy atom. The van der Waals surface area contributed by atoms with Gasteiger partial charge in [-0.05, 0) is 59.0 Å². The van der Waals surface area contributed by atoms with Gasteiger partial charge in [-0.3, -0.25) is 0 Å². The number of rotatable bonds is 2. The molecule has 2 rings (SSSR count). The molecule has 3 heteroatoms. The van der Waals surface area contributed by atoms with Gasteiger partial charge in [-0.2, -0.15) is 0 Å². The van der Waals surface area contributed by atoms with Crippen LogP contribution < -0.4 is 0 Å². The van der Waals surface area contributed by atoms with E-state index in [2.05, 4.69) is 34.7 Å². The molecule has 0 bridgehead atoms. The molecular weight excluding hydrogens is 322 g/mol. The third-order valence-electron chi connectivity index (χ3n) is 1.88. The number of halogens is 2. The SMILES string of the molecule is Fc1ccc(Sc2ccccc2I)cc1. The van der Waals surface area contributed by atoms with Crippen molar-refractivity contribution in [1.82, 2.24) is 0 Å². The quantitative estimate of drug-likeness (QED) is 0.726. The van der Waals surface area contributed by atoms with Crippen molar-refractivity contribution in [3.05, 3.63) is 57.9 Å². The highest BCUT2D eigenvalue weighted by atomic mass is 127. The molecule has 0 fully saturated rings. The van der Waals surface area contributed by atoms with E-state index in [1.54, 1.807) is 23.9 Å². The van der Waals surface area contributed by atoms with Gasteiger partial charge in [0.05, 0.1) is 0 Å². The van der Waals surface area contributed by atoms with Crippen molar-refractivity contribution < 1.29 is 4.39 Å². The van der Waals surface area contributed by atoms with Gasteiger partial charge in [-0.25, -0.2) is 4.39 Å². The maximum atomic E-state index is 12.7. The van der Waals surface area contributed by atoms with Crippen LogP contribution in [-0.2, 0) is 0 Å². The average Bonchev–Trinajstić information content (AvgIpc) is 2.25. The van der Waals surface area contributed by atoms with Gasteiger partial charge < -0.3 is 0 Å². The molecule has 0 spiro atoms. The Balaban J connectivity index is 2.22. The maximum Gasteiger partial charge on any atom is 0.123 e. The average molecular weight is 330 g/mol. The van der Waals surface area contributed by atoms with E-state index < -0.39 is 0 Å². The number of benzene rings is 2. The van der Waals surface area contributed by atoms with Crippen molar-refractivity contribution in [3.63, 3.8) is 0 Å². The molecule has 0 amide bonds. The molecule has 0 aliphatic carbocycles. The highest BCUT2D eigenvalue weighted by molar-refractivity contribution is 14.1. The molecule has 0 aliphatic heterocycles. The molecule has 0 unspecified atom stereocenters. The van der Waals surface area contributed by atoms with E-state index in [4.69, 9.17) is 0 Å². The van der Waals surface area contributed by atoms with Crippen molar-refractivity contribution >= 4 is 34.4 Å². The van der Waals surface area contributed by atoms with Crippen LogP contribution >= 0.6 is 34.4 Å². The zero-order valence-electron chi connectivity index (χ0n) is 7.78. The van der Waals surface area contributed by atoms with Crippen LogP contribution in [0.5, 0.6) is 0 Å². The summed E-state index contributed by atoms with van der Waals surface area (Å²) in [5.74, 6) is -0.192. The lowest BCUT2D eigenvalue weighted by Crippen LogP contribution is -1.78. The van der Waals surface area contributed by atoms with Crippen molar-refractivity contribution in [3.8, 4) is 0 Å².